The van der Waals surface area contributed by atoms with E-state index in [9.17, 15) is 4.79 Å². The molecule has 0 aromatic heterocycles. The second kappa shape index (κ2) is 7.27. The summed E-state index contributed by atoms with van der Waals surface area (Å²) in [7, 11) is 1.81. The molecule has 0 aliphatic carbocycles. The zero-order valence-corrected chi connectivity index (χ0v) is 12.9. The number of carbonyl (C=O) groups is 1. The van der Waals surface area contributed by atoms with Crippen LogP contribution >= 0.6 is 11.8 Å². The molecule has 3 nitrogen and oxygen atoms in total. The van der Waals surface area contributed by atoms with Gasteiger partial charge in [-0.3, -0.25) is 4.79 Å². The van der Waals surface area contributed by atoms with E-state index in [4.69, 9.17) is 4.74 Å². The summed E-state index contributed by atoms with van der Waals surface area (Å²) in [5, 5.41) is 3.08. The first-order valence-corrected chi connectivity index (χ1v) is 7.24. The molecule has 0 rings (SSSR count). The highest BCUT2D eigenvalue weighted by Crippen LogP contribution is 2.25. The number of rotatable bonds is 7. The number of carbonyl (C=O) groups excluding carboxylic acids is 1. The van der Waals surface area contributed by atoms with E-state index >= 15 is 0 Å². The maximum absolute atomic E-state index is 11.8. The third-order valence-corrected chi connectivity index (χ3v) is 3.99. The molecule has 0 radical (unpaired) electrons. The number of hydrogen-bond donors (Lipinski definition) is 1. The Morgan fingerprint density at radius 1 is 1.29 bits per heavy atom. The van der Waals surface area contributed by atoms with E-state index in [1.165, 1.54) is 0 Å². The molecule has 0 saturated carbocycles. The van der Waals surface area contributed by atoms with Crippen molar-refractivity contribution >= 4 is 17.7 Å². The summed E-state index contributed by atoms with van der Waals surface area (Å²) in [5.74, 6) is 0.920. The lowest BCUT2D eigenvalue weighted by Crippen LogP contribution is -2.48. The Balaban J connectivity index is 4.08. The normalized spacial score (nSPS) is 15.4. The average molecular weight is 261 g/mol. The lowest BCUT2D eigenvalue weighted by molar-refractivity contribution is -0.150. The van der Waals surface area contributed by atoms with Crippen LogP contribution in [0.5, 0.6) is 0 Å². The van der Waals surface area contributed by atoms with Crippen molar-refractivity contribution in [2.45, 2.75) is 57.7 Å². The summed E-state index contributed by atoms with van der Waals surface area (Å²) in [4.78, 5) is 11.8. The van der Waals surface area contributed by atoms with E-state index in [2.05, 4.69) is 26.1 Å². The number of esters is 1. The zero-order valence-electron chi connectivity index (χ0n) is 12.1. The monoisotopic (exact) mass is 261 g/mol. The van der Waals surface area contributed by atoms with Gasteiger partial charge in [-0.25, -0.2) is 0 Å². The Hall–Kier alpha value is -0.220. The molecule has 0 aromatic carbocycles. The summed E-state index contributed by atoms with van der Waals surface area (Å²) in [6.07, 6.45) is 1.82. The molecule has 102 valence electrons. The van der Waals surface area contributed by atoms with Crippen LogP contribution in [0, 0.1) is 0 Å². The van der Waals surface area contributed by atoms with Crippen LogP contribution in [0.1, 0.15) is 47.5 Å². The standard InChI is InChI=1S/C13H27NO2S/c1-7-16-11(15)13(5,14-6)9-8-10-17-12(2,3)4/h14H,7-10H2,1-6H3. The second-order valence-electron chi connectivity index (χ2n) is 5.37. The first-order valence-electron chi connectivity index (χ1n) is 6.25. The molecule has 1 atom stereocenters. The minimum Gasteiger partial charge on any atom is -0.465 e. The van der Waals surface area contributed by atoms with Crippen LogP contribution in [0.15, 0.2) is 0 Å². The Bertz CT molecular complexity index is 238. The molecular formula is C13H27NO2S. The fourth-order valence-electron chi connectivity index (χ4n) is 1.42. The van der Waals surface area contributed by atoms with Gasteiger partial charge in [-0.15, -0.1) is 0 Å². The van der Waals surface area contributed by atoms with Gasteiger partial charge < -0.3 is 10.1 Å². The number of likely N-dealkylation sites (N-methyl/N-ethyl adjacent to an activating group) is 1. The van der Waals surface area contributed by atoms with Crippen LogP contribution in [0.4, 0.5) is 0 Å². The molecule has 0 spiro atoms. The van der Waals surface area contributed by atoms with Crippen molar-refractivity contribution in [3.05, 3.63) is 0 Å². The highest BCUT2D eigenvalue weighted by molar-refractivity contribution is 8.00. The van der Waals surface area contributed by atoms with Crippen molar-refractivity contribution in [1.29, 1.82) is 0 Å². The molecule has 0 aliphatic rings. The number of ether oxygens (including phenoxy) is 1. The van der Waals surface area contributed by atoms with Gasteiger partial charge in [-0.2, -0.15) is 11.8 Å². The molecule has 0 aromatic rings. The van der Waals surface area contributed by atoms with Crippen LogP contribution in [-0.2, 0) is 9.53 Å². The van der Waals surface area contributed by atoms with Crippen molar-refractivity contribution in [3.8, 4) is 0 Å². The van der Waals surface area contributed by atoms with Crippen LogP contribution < -0.4 is 5.32 Å². The topological polar surface area (TPSA) is 38.3 Å². The summed E-state index contributed by atoms with van der Waals surface area (Å²) >= 11 is 1.93. The number of nitrogens with one attached hydrogen (secondary N) is 1. The van der Waals surface area contributed by atoms with Crippen LogP contribution in [-0.4, -0.2) is 35.7 Å². The number of thioether (sulfide) groups is 1. The fourth-order valence-corrected chi connectivity index (χ4v) is 2.32. The van der Waals surface area contributed by atoms with Crippen molar-refractivity contribution in [3.63, 3.8) is 0 Å². The highest BCUT2D eigenvalue weighted by Gasteiger charge is 2.32. The SMILES string of the molecule is CCOC(=O)C(C)(CCCSC(C)(C)C)NC. The van der Waals surface area contributed by atoms with Gasteiger partial charge in [0.25, 0.3) is 0 Å². The first-order chi connectivity index (χ1) is 7.75. The van der Waals surface area contributed by atoms with Gasteiger partial charge in [0.15, 0.2) is 0 Å². The van der Waals surface area contributed by atoms with E-state index in [0.717, 1.165) is 18.6 Å². The predicted molar refractivity (Wildman–Crippen MR) is 75.5 cm³/mol. The lowest BCUT2D eigenvalue weighted by Gasteiger charge is -2.27. The molecule has 17 heavy (non-hydrogen) atoms. The van der Waals surface area contributed by atoms with Gasteiger partial charge in [0, 0.05) is 4.75 Å². The molecule has 4 heteroatoms. The summed E-state index contributed by atoms with van der Waals surface area (Å²) in [5.41, 5.74) is -0.547. The van der Waals surface area contributed by atoms with Crippen LogP contribution in [0.3, 0.4) is 0 Å². The minimum atomic E-state index is -0.547. The van der Waals surface area contributed by atoms with Gasteiger partial charge in [-0.1, -0.05) is 20.8 Å². The molecule has 0 saturated heterocycles. The maximum atomic E-state index is 11.8. The average Bonchev–Trinajstić information content (AvgIpc) is 2.23. The smallest absolute Gasteiger partial charge is 0.326 e. The molecule has 0 bridgehead atoms. The summed E-state index contributed by atoms with van der Waals surface area (Å²) < 4.78 is 5.38. The molecule has 0 fully saturated rings. The van der Waals surface area contributed by atoms with Crippen molar-refractivity contribution in [2.24, 2.45) is 0 Å². The lowest BCUT2D eigenvalue weighted by atomic mass is 9.97. The van der Waals surface area contributed by atoms with Crippen molar-refractivity contribution < 1.29 is 9.53 Å². The molecular weight excluding hydrogens is 234 g/mol. The van der Waals surface area contributed by atoms with Gasteiger partial charge in [0.05, 0.1) is 6.61 Å². The Labute approximate surface area is 110 Å². The molecule has 1 N–H and O–H groups in total. The summed E-state index contributed by atoms with van der Waals surface area (Å²) in [6.45, 7) is 10.8. The molecule has 0 heterocycles. The van der Waals surface area contributed by atoms with E-state index in [0.29, 0.717) is 11.4 Å². The minimum absolute atomic E-state index is 0.150. The van der Waals surface area contributed by atoms with E-state index in [-0.39, 0.29) is 5.97 Å². The Kier molecular flexibility index (Phi) is 7.17. The maximum Gasteiger partial charge on any atom is 0.326 e. The van der Waals surface area contributed by atoms with E-state index in [1.54, 1.807) is 0 Å². The Morgan fingerprint density at radius 3 is 2.29 bits per heavy atom. The Morgan fingerprint density at radius 2 is 1.88 bits per heavy atom. The second-order valence-corrected chi connectivity index (χ2v) is 7.29. The van der Waals surface area contributed by atoms with E-state index < -0.39 is 5.54 Å². The van der Waals surface area contributed by atoms with Gasteiger partial charge in [0.2, 0.25) is 0 Å². The van der Waals surface area contributed by atoms with Crippen molar-refractivity contribution in [1.82, 2.24) is 5.32 Å². The predicted octanol–water partition coefficient (Wildman–Crippen LogP) is 2.84. The van der Waals surface area contributed by atoms with Crippen LogP contribution in [0.2, 0.25) is 0 Å². The first kappa shape index (κ1) is 16.8. The van der Waals surface area contributed by atoms with Crippen molar-refractivity contribution in [2.75, 3.05) is 19.4 Å². The van der Waals surface area contributed by atoms with Gasteiger partial charge in [-0.05, 0) is 39.5 Å². The van der Waals surface area contributed by atoms with Gasteiger partial charge >= 0.3 is 5.97 Å². The quantitative estimate of drug-likeness (QED) is 0.565. The fraction of sp³-hybridized carbons (Fsp3) is 0.923. The highest BCUT2D eigenvalue weighted by atomic mass is 32.2. The zero-order chi connectivity index (χ0) is 13.5. The number of hydrogen-bond acceptors (Lipinski definition) is 4. The third kappa shape index (κ3) is 6.94. The summed E-state index contributed by atoms with van der Waals surface area (Å²) in [6, 6.07) is 0. The third-order valence-electron chi connectivity index (χ3n) is 2.63. The largest absolute Gasteiger partial charge is 0.465 e. The van der Waals surface area contributed by atoms with E-state index in [1.807, 2.05) is 32.7 Å². The van der Waals surface area contributed by atoms with Crippen LogP contribution in [0.25, 0.3) is 0 Å². The molecule has 1 unspecified atom stereocenters. The molecule has 0 amide bonds. The van der Waals surface area contributed by atoms with Gasteiger partial charge in [0.1, 0.15) is 5.54 Å². The molecule has 0 aliphatic heterocycles.